The van der Waals surface area contributed by atoms with Crippen LogP contribution in [0.2, 0.25) is 5.15 Å². The maximum absolute atomic E-state index is 10.4. The van der Waals surface area contributed by atoms with E-state index in [9.17, 15) is 15.3 Å². The number of fused-ring (bicyclic) bond motifs is 1. The molecule has 6 N–H and O–H groups in total. The van der Waals surface area contributed by atoms with E-state index in [1.807, 2.05) is 48.5 Å². The van der Waals surface area contributed by atoms with Crippen LogP contribution in [0.1, 0.15) is 12.0 Å². The Bertz CT molecular complexity index is 1340. The van der Waals surface area contributed by atoms with Crippen LogP contribution in [0.15, 0.2) is 48.5 Å². The maximum atomic E-state index is 10.4. The molecular formula is C24H24ClN5O4S. The molecule has 0 aliphatic heterocycles. The smallest absolute Gasteiger partial charge is 0.223 e. The van der Waals surface area contributed by atoms with Crippen molar-refractivity contribution in [2.45, 2.75) is 31.3 Å². The average molecular weight is 514 g/mol. The first-order chi connectivity index (χ1) is 16.9. The molecule has 1 aliphatic rings. The highest BCUT2D eigenvalue weighted by Crippen LogP contribution is 2.40. The van der Waals surface area contributed by atoms with Crippen LogP contribution < -0.4 is 15.8 Å². The molecule has 4 atom stereocenters. The van der Waals surface area contributed by atoms with E-state index in [4.69, 9.17) is 27.1 Å². The van der Waals surface area contributed by atoms with Gasteiger partial charge in [0.05, 0.1) is 27.9 Å². The molecule has 0 spiro atoms. The Hall–Kier alpha value is -3.02. The number of benzene rings is 2. The normalized spacial score (nSPS) is 21.9. The van der Waals surface area contributed by atoms with Gasteiger partial charge in [-0.25, -0.2) is 9.97 Å². The first kappa shape index (κ1) is 23.7. The molecule has 0 amide bonds. The van der Waals surface area contributed by atoms with Crippen LogP contribution in [0, 0.1) is 5.92 Å². The largest absolute Gasteiger partial charge is 0.489 e. The highest BCUT2D eigenvalue weighted by molar-refractivity contribution is 7.21. The summed E-state index contributed by atoms with van der Waals surface area (Å²) in [6, 6.07) is 15.0. The molecule has 0 unspecified atom stereocenters. The molecule has 5 rings (SSSR count). The monoisotopic (exact) mass is 513 g/mol. The van der Waals surface area contributed by atoms with Gasteiger partial charge in [0.2, 0.25) is 5.95 Å². The average Bonchev–Trinajstić information content (AvgIpc) is 3.38. The molecule has 35 heavy (non-hydrogen) atoms. The van der Waals surface area contributed by atoms with Gasteiger partial charge in [0, 0.05) is 12.5 Å². The minimum absolute atomic E-state index is 0.0364. The van der Waals surface area contributed by atoms with E-state index in [0.29, 0.717) is 35.2 Å². The third-order valence-electron chi connectivity index (χ3n) is 6.06. The predicted octanol–water partition coefficient (Wildman–Crippen LogP) is 3.08. The van der Waals surface area contributed by atoms with Crippen LogP contribution in [0.4, 0.5) is 11.8 Å². The Morgan fingerprint density at radius 1 is 1.09 bits per heavy atom. The maximum Gasteiger partial charge on any atom is 0.223 e. The number of aliphatic hydroxyl groups excluding tert-OH is 3. The van der Waals surface area contributed by atoms with Crippen LogP contribution in [0.25, 0.3) is 20.8 Å². The summed E-state index contributed by atoms with van der Waals surface area (Å²) in [5, 5.41) is 33.9. The van der Waals surface area contributed by atoms with Gasteiger partial charge in [0.25, 0.3) is 0 Å². The van der Waals surface area contributed by atoms with Crippen molar-refractivity contribution in [3.63, 3.8) is 0 Å². The zero-order chi connectivity index (χ0) is 24.5. The molecule has 2 aromatic carbocycles. The number of hydrogen-bond donors (Lipinski definition) is 5. The molecule has 1 saturated carbocycles. The van der Waals surface area contributed by atoms with Gasteiger partial charge < -0.3 is 31.1 Å². The van der Waals surface area contributed by atoms with E-state index in [0.717, 1.165) is 15.8 Å². The van der Waals surface area contributed by atoms with Gasteiger partial charge in [-0.15, -0.1) is 11.3 Å². The molecule has 2 aromatic heterocycles. The number of anilines is 2. The number of halogens is 1. The number of rotatable bonds is 7. The number of nitrogens with two attached hydrogens (primary N) is 1. The molecule has 11 heteroatoms. The van der Waals surface area contributed by atoms with Crippen molar-refractivity contribution in [2.75, 3.05) is 17.7 Å². The van der Waals surface area contributed by atoms with Crippen molar-refractivity contribution in [3.8, 4) is 16.3 Å². The number of aliphatic hydroxyl groups is 3. The highest BCUT2D eigenvalue weighted by atomic mass is 35.5. The summed E-state index contributed by atoms with van der Waals surface area (Å²) < 4.78 is 6.83. The fourth-order valence-corrected chi connectivity index (χ4v) is 5.57. The summed E-state index contributed by atoms with van der Waals surface area (Å²) in [6.07, 6.45) is -1.79. The fourth-order valence-electron chi connectivity index (χ4n) is 4.21. The van der Waals surface area contributed by atoms with Crippen molar-refractivity contribution in [1.29, 1.82) is 0 Å². The van der Waals surface area contributed by atoms with Gasteiger partial charge in [-0.05, 0) is 30.2 Å². The molecule has 182 valence electrons. The van der Waals surface area contributed by atoms with Crippen LogP contribution in [0.3, 0.4) is 0 Å². The number of ether oxygens (including phenoxy) is 1. The number of aromatic nitrogens is 3. The van der Waals surface area contributed by atoms with Crippen molar-refractivity contribution in [1.82, 2.24) is 15.0 Å². The molecule has 0 bridgehead atoms. The van der Waals surface area contributed by atoms with Gasteiger partial charge in [-0.2, -0.15) is 4.98 Å². The molecule has 1 fully saturated rings. The number of thiazole rings is 1. The molecule has 0 saturated heterocycles. The number of nitrogens with one attached hydrogen (secondary N) is 1. The Morgan fingerprint density at radius 3 is 2.63 bits per heavy atom. The van der Waals surface area contributed by atoms with E-state index < -0.39 is 24.2 Å². The quantitative estimate of drug-likeness (QED) is 0.235. The lowest BCUT2D eigenvalue weighted by molar-refractivity contribution is 0.00446. The minimum atomic E-state index is -1.09. The summed E-state index contributed by atoms with van der Waals surface area (Å²) in [5.41, 5.74) is 8.12. The Balaban J connectivity index is 1.44. The molecule has 2 heterocycles. The van der Waals surface area contributed by atoms with Crippen molar-refractivity contribution in [3.05, 3.63) is 59.2 Å². The second-order valence-electron chi connectivity index (χ2n) is 8.43. The number of hydrogen-bond acceptors (Lipinski definition) is 10. The summed E-state index contributed by atoms with van der Waals surface area (Å²) >= 11 is 7.87. The predicted molar refractivity (Wildman–Crippen MR) is 135 cm³/mol. The lowest BCUT2D eigenvalue weighted by Gasteiger charge is -2.20. The first-order valence-corrected chi connectivity index (χ1v) is 12.3. The highest BCUT2D eigenvalue weighted by Gasteiger charge is 2.41. The molecule has 0 radical (unpaired) electrons. The zero-order valence-electron chi connectivity index (χ0n) is 18.5. The Morgan fingerprint density at radius 2 is 1.89 bits per heavy atom. The van der Waals surface area contributed by atoms with Gasteiger partial charge in [0.1, 0.15) is 34.4 Å². The van der Waals surface area contributed by atoms with Crippen molar-refractivity contribution in [2.24, 2.45) is 5.92 Å². The summed E-state index contributed by atoms with van der Waals surface area (Å²) in [6.45, 7) is 0.219. The van der Waals surface area contributed by atoms with E-state index in [2.05, 4.69) is 15.3 Å². The van der Waals surface area contributed by atoms with Gasteiger partial charge in [-0.1, -0.05) is 41.9 Å². The summed E-state index contributed by atoms with van der Waals surface area (Å²) in [5.74, 6) is 0.535. The first-order valence-electron chi connectivity index (χ1n) is 11.1. The third-order valence-corrected chi connectivity index (χ3v) is 7.37. The second kappa shape index (κ2) is 9.92. The van der Waals surface area contributed by atoms with Crippen LogP contribution in [0.5, 0.6) is 5.75 Å². The minimum Gasteiger partial charge on any atom is -0.489 e. The number of nitrogen functional groups attached to an aromatic ring is 1. The Kier molecular flexibility index (Phi) is 6.72. The van der Waals surface area contributed by atoms with E-state index in [1.165, 1.54) is 11.3 Å². The SMILES string of the molecule is Nc1nc(Cl)c(-c2nc3ccc(OCc4ccccc4)cc3s2)c(N[C@@H]2C[C@H](CO)[C@@H](O)[C@H]2O)n1. The van der Waals surface area contributed by atoms with Gasteiger partial charge >= 0.3 is 0 Å². The molecule has 1 aliphatic carbocycles. The summed E-state index contributed by atoms with van der Waals surface area (Å²) in [4.78, 5) is 13.1. The van der Waals surface area contributed by atoms with Crippen LogP contribution in [-0.4, -0.2) is 55.1 Å². The topological polar surface area (TPSA) is 147 Å². The standard InChI is InChI=1S/C24H24ClN5O4S/c25-21-18(22(30-24(26)29-21)27-16-8-13(10-31)19(32)20(16)33)23-28-15-7-6-14(9-17(15)35-23)34-11-12-4-2-1-3-5-12/h1-7,9,13,16,19-20,31-33H,8,10-11H2,(H3,26,27,29,30)/t13-,16-,19-,20+/m1/s1. The van der Waals surface area contributed by atoms with Crippen molar-refractivity contribution < 1.29 is 20.1 Å². The summed E-state index contributed by atoms with van der Waals surface area (Å²) in [7, 11) is 0. The second-order valence-corrected chi connectivity index (χ2v) is 9.82. The van der Waals surface area contributed by atoms with Crippen LogP contribution in [-0.2, 0) is 6.61 Å². The molecular weight excluding hydrogens is 490 g/mol. The number of nitrogens with zero attached hydrogens (tertiary/aromatic N) is 3. The van der Waals surface area contributed by atoms with Gasteiger partial charge in [-0.3, -0.25) is 0 Å². The fraction of sp³-hybridized carbons (Fsp3) is 0.292. The lowest BCUT2D eigenvalue weighted by Crippen LogP contribution is -2.35. The van der Waals surface area contributed by atoms with E-state index in [-0.39, 0.29) is 17.7 Å². The third kappa shape index (κ3) is 4.89. The lowest BCUT2D eigenvalue weighted by atomic mass is 10.1. The molecule has 9 nitrogen and oxygen atoms in total. The molecule has 4 aromatic rings. The zero-order valence-corrected chi connectivity index (χ0v) is 20.1. The van der Waals surface area contributed by atoms with E-state index >= 15 is 0 Å². The van der Waals surface area contributed by atoms with Crippen molar-refractivity contribution >= 4 is 44.9 Å². The van der Waals surface area contributed by atoms with Gasteiger partial charge in [0.15, 0.2) is 0 Å². The van der Waals surface area contributed by atoms with Crippen LogP contribution >= 0.6 is 22.9 Å². The Labute approximate surface area is 210 Å². The van der Waals surface area contributed by atoms with E-state index in [1.54, 1.807) is 0 Å².